The zero-order chi connectivity index (χ0) is 17.8. The first-order chi connectivity index (χ1) is 11.5. The molecule has 5 heteroatoms. The van der Waals surface area contributed by atoms with E-state index in [1.165, 1.54) is 0 Å². The first-order valence-electron chi connectivity index (χ1n) is 8.47. The van der Waals surface area contributed by atoms with Gasteiger partial charge in [-0.15, -0.1) is 6.58 Å². The van der Waals surface area contributed by atoms with Crippen LogP contribution >= 0.6 is 0 Å². The van der Waals surface area contributed by atoms with Crippen LogP contribution in [0.1, 0.15) is 38.2 Å². The Bertz CT molecular complexity index is 504. The highest BCUT2D eigenvalue weighted by Crippen LogP contribution is 2.18. The number of hydrogen-bond acceptors (Lipinski definition) is 4. The van der Waals surface area contributed by atoms with Gasteiger partial charge in [-0.1, -0.05) is 30.7 Å². The SMILES string of the molecule is C=CCc1ccccc1OCC(O)CNC(C)CCCCC(=O)O. The summed E-state index contributed by atoms with van der Waals surface area (Å²) in [6, 6.07) is 7.98. The van der Waals surface area contributed by atoms with Crippen molar-refractivity contribution >= 4 is 5.97 Å². The summed E-state index contributed by atoms with van der Waals surface area (Å²) in [5, 5.41) is 21.9. The number of rotatable bonds is 13. The Hall–Kier alpha value is -1.85. The van der Waals surface area contributed by atoms with Crippen LogP contribution in [0.3, 0.4) is 0 Å². The van der Waals surface area contributed by atoms with Gasteiger partial charge >= 0.3 is 5.97 Å². The van der Waals surface area contributed by atoms with E-state index < -0.39 is 12.1 Å². The number of aliphatic hydroxyl groups is 1. The Kier molecular flexibility index (Phi) is 9.80. The summed E-state index contributed by atoms with van der Waals surface area (Å²) in [5.74, 6) is 0.0260. The molecule has 0 heterocycles. The number of allylic oxidation sites excluding steroid dienone is 1. The number of para-hydroxylation sites is 1. The predicted octanol–water partition coefficient (Wildman–Crippen LogP) is 2.78. The minimum absolute atomic E-state index is 0.216. The molecule has 3 N–H and O–H groups in total. The molecule has 1 aromatic carbocycles. The number of carboxylic acids is 1. The molecule has 0 spiro atoms. The second-order valence-corrected chi connectivity index (χ2v) is 6.01. The third-order valence-corrected chi connectivity index (χ3v) is 3.75. The zero-order valence-electron chi connectivity index (χ0n) is 14.4. The molecule has 0 saturated carbocycles. The maximum Gasteiger partial charge on any atom is 0.303 e. The van der Waals surface area contributed by atoms with Crippen LogP contribution < -0.4 is 10.1 Å². The monoisotopic (exact) mass is 335 g/mol. The van der Waals surface area contributed by atoms with Crippen LogP contribution in [0.2, 0.25) is 0 Å². The lowest BCUT2D eigenvalue weighted by Crippen LogP contribution is -2.36. The lowest BCUT2D eigenvalue weighted by molar-refractivity contribution is -0.137. The van der Waals surface area contributed by atoms with E-state index in [1.807, 2.05) is 37.3 Å². The number of aliphatic hydroxyl groups excluding tert-OH is 1. The molecular formula is C19H29NO4. The van der Waals surface area contributed by atoms with Crippen LogP contribution in [0, 0.1) is 0 Å². The normalized spacial score (nSPS) is 13.2. The number of nitrogens with one attached hydrogen (secondary N) is 1. The summed E-state index contributed by atoms with van der Waals surface area (Å²) in [7, 11) is 0. The van der Waals surface area contributed by atoms with E-state index in [2.05, 4.69) is 11.9 Å². The molecule has 0 amide bonds. The van der Waals surface area contributed by atoms with Crippen molar-refractivity contribution in [2.75, 3.05) is 13.2 Å². The summed E-state index contributed by atoms with van der Waals surface area (Å²) < 4.78 is 5.71. The van der Waals surface area contributed by atoms with Crippen molar-refractivity contribution in [2.24, 2.45) is 0 Å². The van der Waals surface area contributed by atoms with Gasteiger partial charge in [0, 0.05) is 19.0 Å². The van der Waals surface area contributed by atoms with Crippen molar-refractivity contribution in [3.8, 4) is 5.75 Å². The molecule has 0 aliphatic rings. The maximum atomic E-state index is 10.4. The molecule has 0 saturated heterocycles. The quantitative estimate of drug-likeness (QED) is 0.382. The lowest BCUT2D eigenvalue weighted by atomic mass is 10.1. The summed E-state index contributed by atoms with van der Waals surface area (Å²) in [5.41, 5.74) is 1.06. The van der Waals surface area contributed by atoms with Gasteiger partial charge in [0.05, 0.1) is 0 Å². The fourth-order valence-corrected chi connectivity index (χ4v) is 2.38. The van der Waals surface area contributed by atoms with E-state index in [-0.39, 0.29) is 19.1 Å². The molecule has 0 fully saturated rings. The standard InChI is InChI=1S/C19H29NO4/c1-3-8-16-10-5-6-11-18(16)24-14-17(21)13-20-15(2)9-4-7-12-19(22)23/h3,5-6,10-11,15,17,20-21H,1,4,7-9,12-14H2,2H3,(H,22,23). The lowest BCUT2D eigenvalue weighted by Gasteiger charge is -2.18. The number of carboxylic acid groups (broad SMARTS) is 1. The Balaban J connectivity index is 2.23. The van der Waals surface area contributed by atoms with Gasteiger partial charge in [0.15, 0.2) is 0 Å². The smallest absolute Gasteiger partial charge is 0.303 e. The van der Waals surface area contributed by atoms with Crippen molar-refractivity contribution in [2.45, 2.75) is 51.2 Å². The topological polar surface area (TPSA) is 78.8 Å². The summed E-state index contributed by atoms with van der Waals surface area (Å²) >= 11 is 0. The highest BCUT2D eigenvalue weighted by Gasteiger charge is 2.09. The van der Waals surface area contributed by atoms with Crippen molar-refractivity contribution in [3.63, 3.8) is 0 Å². The molecule has 134 valence electrons. The molecule has 1 aromatic rings. The van der Waals surface area contributed by atoms with Crippen LogP contribution in [0.5, 0.6) is 5.75 Å². The Morgan fingerprint density at radius 1 is 1.38 bits per heavy atom. The molecule has 0 radical (unpaired) electrons. The predicted molar refractivity (Wildman–Crippen MR) is 95.4 cm³/mol. The average molecular weight is 335 g/mol. The molecule has 1 rings (SSSR count). The highest BCUT2D eigenvalue weighted by molar-refractivity contribution is 5.66. The Morgan fingerprint density at radius 3 is 2.83 bits per heavy atom. The zero-order valence-corrected chi connectivity index (χ0v) is 14.4. The van der Waals surface area contributed by atoms with Gasteiger partial charge in [0.2, 0.25) is 0 Å². The number of benzene rings is 1. The first-order valence-corrected chi connectivity index (χ1v) is 8.47. The van der Waals surface area contributed by atoms with E-state index in [0.29, 0.717) is 13.0 Å². The van der Waals surface area contributed by atoms with Crippen LogP contribution in [0.25, 0.3) is 0 Å². The van der Waals surface area contributed by atoms with Gasteiger partial charge < -0.3 is 20.3 Å². The fraction of sp³-hybridized carbons (Fsp3) is 0.526. The number of hydrogen-bond donors (Lipinski definition) is 3. The minimum Gasteiger partial charge on any atom is -0.491 e. The maximum absolute atomic E-state index is 10.4. The van der Waals surface area contributed by atoms with Crippen molar-refractivity contribution in [3.05, 3.63) is 42.5 Å². The molecule has 0 aliphatic heterocycles. The van der Waals surface area contributed by atoms with E-state index in [4.69, 9.17) is 9.84 Å². The second-order valence-electron chi connectivity index (χ2n) is 6.01. The molecule has 2 atom stereocenters. The summed E-state index contributed by atoms with van der Waals surface area (Å²) in [6.45, 7) is 6.45. The van der Waals surface area contributed by atoms with E-state index in [0.717, 1.165) is 30.6 Å². The highest BCUT2D eigenvalue weighted by atomic mass is 16.5. The van der Waals surface area contributed by atoms with Gasteiger partial charge in [0.25, 0.3) is 0 Å². The van der Waals surface area contributed by atoms with Crippen molar-refractivity contribution in [1.82, 2.24) is 5.32 Å². The third-order valence-electron chi connectivity index (χ3n) is 3.75. The number of unbranched alkanes of at least 4 members (excludes halogenated alkanes) is 1. The van der Waals surface area contributed by atoms with Gasteiger partial charge in [0.1, 0.15) is 18.5 Å². The minimum atomic E-state index is -0.750. The largest absolute Gasteiger partial charge is 0.491 e. The van der Waals surface area contributed by atoms with Gasteiger partial charge in [-0.3, -0.25) is 4.79 Å². The Labute approximate surface area is 144 Å². The van der Waals surface area contributed by atoms with Crippen LogP contribution in [-0.4, -0.2) is 41.5 Å². The number of ether oxygens (including phenoxy) is 1. The summed E-state index contributed by atoms with van der Waals surface area (Å²) in [6.07, 6.45) is 4.62. The van der Waals surface area contributed by atoms with Gasteiger partial charge in [-0.05, 0) is 37.8 Å². The molecule has 24 heavy (non-hydrogen) atoms. The van der Waals surface area contributed by atoms with E-state index in [9.17, 15) is 9.90 Å². The van der Waals surface area contributed by atoms with Crippen LogP contribution in [0.15, 0.2) is 36.9 Å². The van der Waals surface area contributed by atoms with Gasteiger partial charge in [-0.2, -0.15) is 0 Å². The van der Waals surface area contributed by atoms with Crippen LogP contribution in [-0.2, 0) is 11.2 Å². The second kappa shape index (κ2) is 11.6. The van der Waals surface area contributed by atoms with Crippen molar-refractivity contribution in [1.29, 1.82) is 0 Å². The third kappa shape index (κ3) is 8.70. The first kappa shape index (κ1) is 20.2. The van der Waals surface area contributed by atoms with Gasteiger partial charge in [-0.25, -0.2) is 0 Å². The molecule has 5 nitrogen and oxygen atoms in total. The molecule has 2 unspecified atom stereocenters. The average Bonchev–Trinajstić information content (AvgIpc) is 2.56. The summed E-state index contributed by atoms with van der Waals surface area (Å²) in [4.78, 5) is 10.4. The van der Waals surface area contributed by atoms with E-state index in [1.54, 1.807) is 0 Å². The number of aliphatic carboxylic acids is 1. The fourth-order valence-electron chi connectivity index (χ4n) is 2.38. The Morgan fingerprint density at radius 2 is 2.12 bits per heavy atom. The molecule has 0 bridgehead atoms. The molecular weight excluding hydrogens is 306 g/mol. The molecule has 0 aliphatic carbocycles. The van der Waals surface area contributed by atoms with Crippen molar-refractivity contribution < 1.29 is 19.7 Å². The molecule has 0 aromatic heterocycles. The van der Waals surface area contributed by atoms with E-state index >= 15 is 0 Å². The number of carbonyl (C=O) groups is 1. The van der Waals surface area contributed by atoms with Crippen LogP contribution in [0.4, 0.5) is 0 Å².